The number of carbonyl (C=O) groups is 1. The van der Waals surface area contributed by atoms with Crippen LogP contribution < -0.4 is 5.32 Å². The summed E-state index contributed by atoms with van der Waals surface area (Å²) in [7, 11) is 0. The Balaban J connectivity index is 1.46. The molecule has 1 N–H and O–H groups in total. The number of aromatic nitrogens is 1. The monoisotopic (exact) mass is 410 g/mol. The van der Waals surface area contributed by atoms with Gasteiger partial charge in [0.05, 0.1) is 4.88 Å². The van der Waals surface area contributed by atoms with Gasteiger partial charge in [-0.15, -0.1) is 23.1 Å². The molecular formula is C22H19FN2OS2. The number of nitrogens with one attached hydrogen (secondary N) is 1. The molecule has 0 spiro atoms. The first-order chi connectivity index (χ1) is 13.7. The number of amides is 1. The van der Waals surface area contributed by atoms with Crippen molar-refractivity contribution in [2.75, 3.05) is 6.54 Å². The highest BCUT2D eigenvalue weighted by molar-refractivity contribution is 7.98. The van der Waals surface area contributed by atoms with E-state index in [9.17, 15) is 9.18 Å². The minimum atomic E-state index is -0.206. The van der Waals surface area contributed by atoms with E-state index in [0.717, 1.165) is 20.9 Å². The molecule has 0 atom stereocenters. The van der Waals surface area contributed by atoms with Crippen LogP contribution in [0.25, 0.3) is 10.9 Å². The number of para-hydroxylation sites is 1. The van der Waals surface area contributed by atoms with E-state index in [4.69, 9.17) is 0 Å². The van der Waals surface area contributed by atoms with Crippen LogP contribution in [0.2, 0.25) is 0 Å². The molecule has 2 aromatic heterocycles. The van der Waals surface area contributed by atoms with E-state index >= 15 is 0 Å². The molecule has 3 nitrogen and oxygen atoms in total. The Morgan fingerprint density at radius 1 is 1.11 bits per heavy atom. The highest BCUT2D eigenvalue weighted by atomic mass is 32.2. The van der Waals surface area contributed by atoms with Crippen molar-refractivity contribution in [2.24, 2.45) is 0 Å². The first kappa shape index (κ1) is 18.8. The van der Waals surface area contributed by atoms with Gasteiger partial charge in [-0.2, -0.15) is 0 Å². The third-order valence-electron chi connectivity index (χ3n) is 4.42. The Kier molecular flexibility index (Phi) is 5.78. The molecular weight excluding hydrogens is 391 g/mol. The quantitative estimate of drug-likeness (QED) is 0.405. The minimum absolute atomic E-state index is 0.0350. The molecule has 4 aromatic rings. The highest BCUT2D eigenvalue weighted by Gasteiger charge is 2.10. The van der Waals surface area contributed by atoms with Crippen LogP contribution in [0.3, 0.4) is 0 Å². The molecule has 0 bridgehead atoms. The number of rotatable bonds is 7. The summed E-state index contributed by atoms with van der Waals surface area (Å²) in [6.45, 7) is 1.25. The van der Waals surface area contributed by atoms with E-state index in [2.05, 4.69) is 28.2 Å². The smallest absolute Gasteiger partial charge is 0.261 e. The lowest BCUT2D eigenvalue weighted by Gasteiger charge is -2.06. The Morgan fingerprint density at radius 3 is 2.82 bits per heavy atom. The zero-order valence-corrected chi connectivity index (χ0v) is 16.7. The average Bonchev–Trinajstić information content (AvgIpc) is 3.35. The molecule has 6 heteroatoms. The molecule has 0 saturated heterocycles. The van der Waals surface area contributed by atoms with Gasteiger partial charge in [-0.3, -0.25) is 4.79 Å². The van der Waals surface area contributed by atoms with Crippen LogP contribution in [0.1, 0.15) is 15.2 Å². The Labute approximate surface area is 171 Å². The summed E-state index contributed by atoms with van der Waals surface area (Å²) in [5.74, 6) is 0.468. The molecule has 28 heavy (non-hydrogen) atoms. The van der Waals surface area contributed by atoms with Crippen molar-refractivity contribution in [3.8, 4) is 0 Å². The van der Waals surface area contributed by atoms with Crippen molar-refractivity contribution in [1.29, 1.82) is 0 Å². The summed E-state index contributed by atoms with van der Waals surface area (Å²) in [4.78, 5) is 14.0. The molecule has 1 amide bonds. The number of thiophene rings is 1. The maximum atomic E-state index is 13.4. The van der Waals surface area contributed by atoms with Crippen LogP contribution in [0.5, 0.6) is 0 Å². The summed E-state index contributed by atoms with van der Waals surface area (Å²) < 4.78 is 15.6. The third kappa shape index (κ3) is 4.29. The fourth-order valence-electron chi connectivity index (χ4n) is 3.09. The number of nitrogens with zero attached hydrogens (tertiary/aromatic N) is 1. The summed E-state index contributed by atoms with van der Waals surface area (Å²) in [5.41, 5.74) is 2.10. The molecule has 0 aliphatic rings. The number of halogens is 1. The number of hydrogen-bond donors (Lipinski definition) is 1. The summed E-state index contributed by atoms with van der Waals surface area (Å²) in [6, 6.07) is 18.7. The summed E-state index contributed by atoms with van der Waals surface area (Å²) in [5, 5.41) is 6.05. The number of benzene rings is 2. The normalized spacial score (nSPS) is 11.0. The fourth-order valence-corrected chi connectivity index (χ4v) is 4.76. The van der Waals surface area contributed by atoms with Gasteiger partial charge in [-0.25, -0.2) is 4.39 Å². The van der Waals surface area contributed by atoms with Gasteiger partial charge in [-0.1, -0.05) is 36.4 Å². The summed E-state index contributed by atoms with van der Waals surface area (Å²) in [6.07, 6.45) is 2.12. The van der Waals surface area contributed by atoms with E-state index in [1.807, 2.05) is 35.7 Å². The number of carbonyl (C=O) groups excluding carboxylic acids is 1. The van der Waals surface area contributed by atoms with Gasteiger partial charge in [0, 0.05) is 40.8 Å². The molecule has 142 valence electrons. The zero-order valence-electron chi connectivity index (χ0n) is 15.1. The van der Waals surface area contributed by atoms with Crippen LogP contribution in [-0.2, 0) is 12.3 Å². The van der Waals surface area contributed by atoms with Gasteiger partial charge >= 0.3 is 0 Å². The number of hydrogen-bond acceptors (Lipinski definition) is 3. The molecule has 2 aromatic carbocycles. The molecule has 0 saturated carbocycles. The average molecular weight is 411 g/mol. The standard InChI is InChI=1S/C22H19FN2OS2/c23-17-6-3-5-16(13-17)15-28-21-14-25(19-8-2-1-7-18(19)21)11-10-24-22(26)20-9-4-12-27-20/h1-9,12-14H,10-11,15H2,(H,24,26). The van der Waals surface area contributed by atoms with Crippen LogP contribution in [-0.4, -0.2) is 17.0 Å². The predicted octanol–water partition coefficient (Wildman–Crippen LogP) is 5.56. The topological polar surface area (TPSA) is 34.0 Å². The predicted molar refractivity (Wildman–Crippen MR) is 115 cm³/mol. The molecule has 0 unspecified atom stereocenters. The zero-order chi connectivity index (χ0) is 19.3. The Morgan fingerprint density at radius 2 is 2.00 bits per heavy atom. The van der Waals surface area contributed by atoms with E-state index in [1.54, 1.807) is 23.9 Å². The van der Waals surface area contributed by atoms with Crippen molar-refractivity contribution in [3.63, 3.8) is 0 Å². The van der Waals surface area contributed by atoms with Crippen LogP contribution in [0, 0.1) is 5.82 Å². The number of thioether (sulfide) groups is 1. The van der Waals surface area contributed by atoms with Gasteiger partial charge in [0.25, 0.3) is 5.91 Å². The van der Waals surface area contributed by atoms with Crippen molar-refractivity contribution in [2.45, 2.75) is 17.2 Å². The number of fused-ring (bicyclic) bond motifs is 1. The second-order valence-electron chi connectivity index (χ2n) is 6.36. The van der Waals surface area contributed by atoms with Crippen molar-refractivity contribution < 1.29 is 9.18 Å². The molecule has 0 fully saturated rings. The third-order valence-corrected chi connectivity index (χ3v) is 6.40. The van der Waals surface area contributed by atoms with Crippen LogP contribution >= 0.6 is 23.1 Å². The minimum Gasteiger partial charge on any atom is -0.350 e. The molecule has 2 heterocycles. The fraction of sp³-hybridized carbons (Fsp3) is 0.136. The van der Waals surface area contributed by atoms with E-state index < -0.39 is 0 Å². The van der Waals surface area contributed by atoms with Gasteiger partial charge in [0.15, 0.2) is 0 Å². The largest absolute Gasteiger partial charge is 0.350 e. The summed E-state index contributed by atoms with van der Waals surface area (Å²) >= 11 is 3.14. The Bertz CT molecular complexity index is 1090. The maximum absolute atomic E-state index is 13.4. The van der Waals surface area contributed by atoms with Crippen molar-refractivity contribution >= 4 is 39.9 Å². The van der Waals surface area contributed by atoms with E-state index in [0.29, 0.717) is 18.8 Å². The van der Waals surface area contributed by atoms with E-state index in [1.165, 1.54) is 22.8 Å². The first-order valence-electron chi connectivity index (χ1n) is 8.97. The molecule has 0 aliphatic carbocycles. The van der Waals surface area contributed by atoms with Gasteiger partial charge in [0.1, 0.15) is 5.82 Å². The molecule has 0 radical (unpaired) electrons. The first-order valence-corrected chi connectivity index (χ1v) is 10.8. The highest BCUT2D eigenvalue weighted by Crippen LogP contribution is 2.32. The van der Waals surface area contributed by atoms with Gasteiger partial charge in [-0.05, 0) is 35.2 Å². The lowest BCUT2D eigenvalue weighted by atomic mass is 10.2. The maximum Gasteiger partial charge on any atom is 0.261 e. The van der Waals surface area contributed by atoms with Crippen molar-refractivity contribution in [1.82, 2.24) is 9.88 Å². The van der Waals surface area contributed by atoms with Crippen LogP contribution in [0.4, 0.5) is 4.39 Å². The Hall–Kier alpha value is -2.57. The van der Waals surface area contributed by atoms with E-state index in [-0.39, 0.29) is 11.7 Å². The van der Waals surface area contributed by atoms with Crippen molar-refractivity contribution in [3.05, 3.63) is 88.5 Å². The lowest BCUT2D eigenvalue weighted by molar-refractivity contribution is 0.0956. The molecule has 0 aliphatic heterocycles. The van der Waals surface area contributed by atoms with Gasteiger partial charge < -0.3 is 9.88 Å². The van der Waals surface area contributed by atoms with Crippen LogP contribution in [0.15, 0.2) is 77.1 Å². The second kappa shape index (κ2) is 8.63. The van der Waals surface area contributed by atoms with Gasteiger partial charge in [0.2, 0.25) is 0 Å². The lowest BCUT2D eigenvalue weighted by Crippen LogP contribution is -2.26. The molecule has 4 rings (SSSR count). The SMILES string of the molecule is O=C(NCCn1cc(SCc2cccc(F)c2)c2ccccc21)c1cccs1. The second-order valence-corrected chi connectivity index (χ2v) is 8.32.